The molecule has 5 heteroatoms. The van der Waals surface area contributed by atoms with Gasteiger partial charge >= 0.3 is 0 Å². The van der Waals surface area contributed by atoms with Crippen molar-refractivity contribution in [3.63, 3.8) is 0 Å². The number of hydrogen-bond acceptors (Lipinski definition) is 4. The van der Waals surface area contributed by atoms with Crippen LogP contribution >= 0.6 is 11.8 Å². The van der Waals surface area contributed by atoms with Crippen LogP contribution in [0.4, 0.5) is 0 Å². The van der Waals surface area contributed by atoms with E-state index in [0.29, 0.717) is 5.22 Å². The van der Waals surface area contributed by atoms with E-state index in [4.69, 9.17) is 4.42 Å². The molecule has 0 atom stereocenters. The zero-order chi connectivity index (χ0) is 17.2. The van der Waals surface area contributed by atoms with Crippen LogP contribution in [0.5, 0.6) is 0 Å². The number of carbonyl (C=O) groups is 1. The SMILES string of the molecule is Cc1cccc2oc(SCc3cccc(C(=O)N4CCCC4)c3)nc12. The summed E-state index contributed by atoms with van der Waals surface area (Å²) in [7, 11) is 0. The third kappa shape index (κ3) is 3.42. The number of para-hydroxylation sites is 1. The van der Waals surface area contributed by atoms with Crippen LogP contribution in [-0.2, 0) is 5.75 Å². The second-order valence-corrected chi connectivity index (χ2v) is 7.32. The fourth-order valence-electron chi connectivity index (χ4n) is 3.17. The Hall–Kier alpha value is -2.27. The Bertz CT molecular complexity index is 913. The van der Waals surface area contributed by atoms with Gasteiger partial charge in [0.1, 0.15) is 5.52 Å². The highest BCUT2D eigenvalue weighted by atomic mass is 32.2. The van der Waals surface area contributed by atoms with Crippen molar-refractivity contribution in [3.8, 4) is 0 Å². The van der Waals surface area contributed by atoms with E-state index in [2.05, 4.69) is 4.98 Å². The number of nitrogens with zero attached hydrogens (tertiary/aromatic N) is 2. The van der Waals surface area contributed by atoms with Crippen molar-refractivity contribution >= 4 is 28.8 Å². The highest BCUT2D eigenvalue weighted by molar-refractivity contribution is 7.98. The van der Waals surface area contributed by atoms with Gasteiger partial charge in [-0.05, 0) is 49.1 Å². The minimum Gasteiger partial charge on any atom is -0.431 e. The third-order valence-electron chi connectivity index (χ3n) is 4.53. The topological polar surface area (TPSA) is 46.3 Å². The third-order valence-corrected chi connectivity index (χ3v) is 5.43. The number of benzene rings is 2. The van der Waals surface area contributed by atoms with Gasteiger partial charge in [0, 0.05) is 24.4 Å². The van der Waals surface area contributed by atoms with Gasteiger partial charge in [0.25, 0.3) is 11.1 Å². The number of amides is 1. The molecule has 0 saturated carbocycles. The number of likely N-dealkylation sites (tertiary alicyclic amines) is 1. The van der Waals surface area contributed by atoms with Crippen LogP contribution in [0.25, 0.3) is 11.1 Å². The number of thioether (sulfide) groups is 1. The zero-order valence-corrected chi connectivity index (χ0v) is 15.0. The Morgan fingerprint density at radius 3 is 2.80 bits per heavy atom. The smallest absolute Gasteiger partial charge is 0.257 e. The molecule has 4 rings (SSSR count). The van der Waals surface area contributed by atoms with Gasteiger partial charge < -0.3 is 9.32 Å². The van der Waals surface area contributed by atoms with Crippen molar-refractivity contribution < 1.29 is 9.21 Å². The van der Waals surface area contributed by atoms with Crippen LogP contribution in [0.15, 0.2) is 52.1 Å². The molecule has 0 bridgehead atoms. The minimum absolute atomic E-state index is 0.141. The summed E-state index contributed by atoms with van der Waals surface area (Å²) in [6.45, 7) is 3.78. The molecule has 0 radical (unpaired) electrons. The minimum atomic E-state index is 0.141. The van der Waals surface area contributed by atoms with E-state index in [-0.39, 0.29) is 5.91 Å². The fourth-order valence-corrected chi connectivity index (χ4v) is 3.94. The number of aromatic nitrogens is 1. The van der Waals surface area contributed by atoms with Crippen molar-refractivity contribution in [3.05, 3.63) is 59.2 Å². The monoisotopic (exact) mass is 352 g/mol. The molecule has 1 fully saturated rings. The molecule has 0 spiro atoms. The first-order valence-corrected chi connectivity index (χ1v) is 9.56. The van der Waals surface area contributed by atoms with Crippen molar-refractivity contribution in [2.24, 2.45) is 0 Å². The summed E-state index contributed by atoms with van der Waals surface area (Å²) in [6, 6.07) is 13.8. The average molecular weight is 352 g/mol. The molecule has 1 aliphatic heterocycles. The Morgan fingerprint density at radius 1 is 1.20 bits per heavy atom. The summed E-state index contributed by atoms with van der Waals surface area (Å²) < 4.78 is 5.81. The summed E-state index contributed by atoms with van der Waals surface area (Å²) in [5.41, 5.74) is 4.73. The lowest BCUT2D eigenvalue weighted by Gasteiger charge is -2.15. The highest BCUT2D eigenvalue weighted by Crippen LogP contribution is 2.28. The van der Waals surface area contributed by atoms with E-state index in [1.54, 1.807) is 11.8 Å². The normalized spacial score (nSPS) is 14.4. The van der Waals surface area contributed by atoms with Gasteiger partial charge in [-0.2, -0.15) is 0 Å². The van der Waals surface area contributed by atoms with E-state index in [1.807, 2.05) is 54.3 Å². The van der Waals surface area contributed by atoms with E-state index < -0.39 is 0 Å². The Balaban J connectivity index is 1.48. The van der Waals surface area contributed by atoms with Crippen molar-refractivity contribution in [2.45, 2.75) is 30.7 Å². The number of aryl methyl sites for hydroxylation is 1. The maximum absolute atomic E-state index is 12.5. The lowest BCUT2D eigenvalue weighted by atomic mass is 10.1. The lowest BCUT2D eigenvalue weighted by Crippen LogP contribution is -2.27. The molecule has 128 valence electrons. The molecule has 25 heavy (non-hydrogen) atoms. The van der Waals surface area contributed by atoms with Gasteiger partial charge in [-0.3, -0.25) is 4.79 Å². The average Bonchev–Trinajstić information content (AvgIpc) is 3.30. The van der Waals surface area contributed by atoms with Crippen LogP contribution < -0.4 is 0 Å². The summed E-state index contributed by atoms with van der Waals surface area (Å²) in [5, 5.41) is 0.667. The molecule has 2 heterocycles. The maximum atomic E-state index is 12.5. The number of fused-ring (bicyclic) bond motifs is 1. The number of oxazole rings is 1. The first-order valence-electron chi connectivity index (χ1n) is 8.58. The highest BCUT2D eigenvalue weighted by Gasteiger charge is 2.19. The quantitative estimate of drug-likeness (QED) is 0.641. The molecular weight excluding hydrogens is 332 g/mol. The van der Waals surface area contributed by atoms with Gasteiger partial charge in [0.15, 0.2) is 5.58 Å². The summed E-state index contributed by atoms with van der Waals surface area (Å²) in [6.07, 6.45) is 2.22. The second-order valence-electron chi connectivity index (χ2n) is 6.39. The van der Waals surface area contributed by atoms with E-state index in [9.17, 15) is 4.79 Å². The maximum Gasteiger partial charge on any atom is 0.257 e. The molecule has 2 aromatic carbocycles. The Labute approximate surface area is 151 Å². The number of hydrogen-bond donors (Lipinski definition) is 0. The van der Waals surface area contributed by atoms with E-state index in [0.717, 1.165) is 59.5 Å². The molecular formula is C20H20N2O2S. The molecule has 1 aliphatic rings. The fraction of sp³-hybridized carbons (Fsp3) is 0.300. The summed E-state index contributed by atoms with van der Waals surface area (Å²) in [5.74, 6) is 0.870. The van der Waals surface area contributed by atoms with Gasteiger partial charge in [-0.1, -0.05) is 36.0 Å². The first kappa shape index (κ1) is 16.2. The van der Waals surface area contributed by atoms with Gasteiger partial charge in [0.05, 0.1) is 0 Å². The van der Waals surface area contributed by atoms with Crippen LogP contribution in [0.1, 0.15) is 34.3 Å². The summed E-state index contributed by atoms with van der Waals surface area (Å²) in [4.78, 5) is 19.0. The van der Waals surface area contributed by atoms with Crippen molar-refractivity contribution in [1.82, 2.24) is 9.88 Å². The van der Waals surface area contributed by atoms with Crippen LogP contribution in [0.3, 0.4) is 0 Å². The predicted molar refractivity (Wildman–Crippen MR) is 99.9 cm³/mol. The first-order chi connectivity index (χ1) is 12.2. The molecule has 1 aromatic heterocycles. The van der Waals surface area contributed by atoms with E-state index >= 15 is 0 Å². The molecule has 3 aromatic rings. The van der Waals surface area contributed by atoms with E-state index in [1.165, 1.54) is 0 Å². The van der Waals surface area contributed by atoms with Crippen molar-refractivity contribution in [1.29, 1.82) is 0 Å². The molecule has 0 unspecified atom stereocenters. The Morgan fingerprint density at radius 2 is 2.00 bits per heavy atom. The lowest BCUT2D eigenvalue weighted by molar-refractivity contribution is 0.0792. The molecule has 1 amide bonds. The second kappa shape index (κ2) is 6.92. The van der Waals surface area contributed by atoms with Crippen LogP contribution in [0, 0.1) is 6.92 Å². The van der Waals surface area contributed by atoms with Gasteiger partial charge in [-0.25, -0.2) is 4.98 Å². The number of carbonyl (C=O) groups excluding carboxylic acids is 1. The number of rotatable bonds is 4. The molecule has 1 saturated heterocycles. The molecule has 0 aliphatic carbocycles. The zero-order valence-electron chi connectivity index (χ0n) is 14.2. The molecule has 4 nitrogen and oxygen atoms in total. The standard InChI is InChI=1S/C20H20N2O2S/c1-14-6-4-9-17-18(14)21-20(24-17)25-13-15-7-5-8-16(12-15)19(23)22-10-2-3-11-22/h4-9,12H,2-3,10-11,13H2,1H3. The van der Waals surface area contributed by atoms with Crippen LogP contribution in [-0.4, -0.2) is 28.9 Å². The largest absolute Gasteiger partial charge is 0.431 e. The predicted octanol–water partition coefficient (Wildman–Crippen LogP) is 4.66. The van der Waals surface area contributed by atoms with Crippen molar-refractivity contribution in [2.75, 3.05) is 13.1 Å². The Kier molecular flexibility index (Phi) is 4.49. The van der Waals surface area contributed by atoms with Crippen LogP contribution in [0.2, 0.25) is 0 Å². The summed E-state index contributed by atoms with van der Waals surface area (Å²) >= 11 is 1.56. The molecule has 0 N–H and O–H groups in total. The van der Waals surface area contributed by atoms with Gasteiger partial charge in [-0.15, -0.1) is 0 Å². The van der Waals surface area contributed by atoms with Gasteiger partial charge in [0.2, 0.25) is 0 Å².